The number of aromatic nitrogens is 2. The van der Waals surface area contributed by atoms with E-state index in [0.29, 0.717) is 40.5 Å². The normalized spacial score (nSPS) is 16.9. The average molecular weight is 559 g/mol. The van der Waals surface area contributed by atoms with Crippen LogP contribution in [0, 0.1) is 17.6 Å². The third kappa shape index (κ3) is 5.30. The Morgan fingerprint density at radius 3 is 2.45 bits per heavy atom. The summed E-state index contributed by atoms with van der Waals surface area (Å²) in [5.74, 6) is -0.987. The summed E-state index contributed by atoms with van der Waals surface area (Å²) in [5.41, 5.74) is 4.20. The zero-order valence-electron chi connectivity index (χ0n) is 21.3. The maximum absolute atomic E-state index is 14.8. The van der Waals surface area contributed by atoms with Crippen LogP contribution < -0.4 is 16.0 Å². The standard InChI is InChI=1S/C30H25ClF2N6O/c31-26-14-22(27-24(32)2-1-3-25(27)33)21-9-4-18-15-36-30(39-28(18)23(21)16-35-26)38-20-7-5-19(6-8-20)37-29(40)17-10-12-34-13-11-17/h1-3,5-9,14-17,34H,4,10-13H2,(H,37,40)(H,36,38,39). The lowest BCUT2D eigenvalue weighted by molar-refractivity contribution is -0.120. The molecule has 1 amide bonds. The molecule has 1 aliphatic carbocycles. The predicted molar refractivity (Wildman–Crippen MR) is 153 cm³/mol. The van der Waals surface area contributed by atoms with Gasteiger partial charge in [-0.25, -0.2) is 23.7 Å². The molecule has 3 aromatic rings. The van der Waals surface area contributed by atoms with Crippen molar-refractivity contribution >= 4 is 51.1 Å². The van der Waals surface area contributed by atoms with E-state index in [-0.39, 0.29) is 22.6 Å². The van der Waals surface area contributed by atoms with Crippen molar-refractivity contribution < 1.29 is 13.6 Å². The molecule has 2 aromatic carbocycles. The summed E-state index contributed by atoms with van der Waals surface area (Å²) >= 11 is 6.27. The molecule has 1 saturated heterocycles. The fourth-order valence-electron chi connectivity index (χ4n) is 5.10. The van der Waals surface area contributed by atoms with E-state index in [2.05, 4.69) is 25.9 Å². The number of carbonyl (C=O) groups excluding carboxylic acids is 1. The van der Waals surface area contributed by atoms with Gasteiger partial charge in [-0.1, -0.05) is 23.7 Å². The second-order valence-corrected chi connectivity index (χ2v) is 10.1. The lowest BCUT2D eigenvalue weighted by Gasteiger charge is -2.22. The zero-order chi connectivity index (χ0) is 27.6. The van der Waals surface area contributed by atoms with E-state index in [4.69, 9.17) is 16.6 Å². The fourth-order valence-corrected chi connectivity index (χ4v) is 5.26. The van der Waals surface area contributed by atoms with Gasteiger partial charge in [0.1, 0.15) is 16.8 Å². The Hall–Kier alpha value is -4.21. The highest BCUT2D eigenvalue weighted by atomic mass is 35.5. The number of benzene rings is 2. The predicted octanol–water partition coefficient (Wildman–Crippen LogP) is 5.99. The molecule has 6 rings (SSSR count). The highest BCUT2D eigenvalue weighted by Gasteiger charge is 2.27. The van der Waals surface area contributed by atoms with Gasteiger partial charge in [0, 0.05) is 40.8 Å². The van der Waals surface area contributed by atoms with E-state index < -0.39 is 11.6 Å². The summed E-state index contributed by atoms with van der Waals surface area (Å²) in [4.78, 5) is 26.0. The highest BCUT2D eigenvalue weighted by molar-refractivity contribution is 6.69. The van der Waals surface area contributed by atoms with Crippen LogP contribution in [-0.4, -0.2) is 34.1 Å². The van der Waals surface area contributed by atoms with Crippen molar-refractivity contribution in [1.29, 1.82) is 0 Å². The Morgan fingerprint density at radius 2 is 1.70 bits per heavy atom. The van der Waals surface area contributed by atoms with Crippen molar-refractivity contribution in [1.82, 2.24) is 15.3 Å². The summed E-state index contributed by atoms with van der Waals surface area (Å²) in [5, 5.41) is 9.55. The van der Waals surface area contributed by atoms with Gasteiger partial charge in [-0.15, -0.1) is 0 Å². The Labute approximate surface area is 234 Å². The quantitative estimate of drug-likeness (QED) is 0.357. The Kier molecular flexibility index (Phi) is 7.23. The molecule has 0 unspecified atom stereocenters. The van der Waals surface area contributed by atoms with Crippen molar-refractivity contribution in [2.45, 2.75) is 19.3 Å². The molecule has 7 nitrogen and oxygen atoms in total. The minimum atomic E-state index is -0.691. The number of allylic oxidation sites excluding steroid dienone is 5. The SMILES string of the molecule is O=C(Nc1ccc(Nc2ncc3c(n2)C2=CN=C(Cl)C=C(c4c(F)cccc4F)C2=CC3)cc1)C1CCNCC1. The number of anilines is 3. The van der Waals surface area contributed by atoms with Crippen LogP contribution in [-0.2, 0) is 11.2 Å². The van der Waals surface area contributed by atoms with E-state index in [0.717, 1.165) is 37.2 Å². The van der Waals surface area contributed by atoms with Crippen molar-refractivity contribution in [3.05, 3.63) is 101 Å². The molecule has 0 radical (unpaired) electrons. The first-order valence-corrected chi connectivity index (χ1v) is 13.4. The number of nitrogens with zero attached hydrogens (tertiary/aromatic N) is 3. The summed E-state index contributed by atoms with van der Waals surface area (Å²) in [6, 6.07) is 11.1. The molecule has 0 bridgehead atoms. The van der Waals surface area contributed by atoms with Crippen LogP contribution in [0.3, 0.4) is 0 Å². The van der Waals surface area contributed by atoms with E-state index in [1.54, 1.807) is 12.4 Å². The minimum Gasteiger partial charge on any atom is -0.326 e. The highest BCUT2D eigenvalue weighted by Crippen LogP contribution is 2.41. The fraction of sp³-hybridized carbons (Fsp3) is 0.200. The van der Waals surface area contributed by atoms with Gasteiger partial charge < -0.3 is 16.0 Å². The van der Waals surface area contributed by atoms with Gasteiger partial charge in [0.15, 0.2) is 0 Å². The van der Waals surface area contributed by atoms with Gasteiger partial charge in [0.05, 0.1) is 11.3 Å². The van der Waals surface area contributed by atoms with E-state index in [1.807, 2.05) is 30.3 Å². The van der Waals surface area contributed by atoms with E-state index in [9.17, 15) is 13.6 Å². The van der Waals surface area contributed by atoms with Gasteiger partial charge in [-0.05, 0) is 86.0 Å². The van der Waals surface area contributed by atoms with Gasteiger partial charge in [0.2, 0.25) is 11.9 Å². The van der Waals surface area contributed by atoms with Crippen molar-refractivity contribution in [3.8, 4) is 0 Å². The number of nitrogens with one attached hydrogen (secondary N) is 3. The van der Waals surface area contributed by atoms with Crippen LogP contribution in [0.25, 0.3) is 11.1 Å². The van der Waals surface area contributed by atoms with E-state index in [1.165, 1.54) is 24.3 Å². The van der Waals surface area contributed by atoms with Gasteiger partial charge in [-0.2, -0.15) is 0 Å². The molecule has 3 aliphatic rings. The van der Waals surface area contributed by atoms with Crippen LogP contribution in [0.15, 0.2) is 77.6 Å². The number of aliphatic imine (C=N–C) groups is 1. The van der Waals surface area contributed by atoms with Crippen LogP contribution in [0.5, 0.6) is 0 Å². The second kappa shape index (κ2) is 11.1. The molecular weight excluding hydrogens is 534 g/mol. The van der Waals surface area contributed by atoms with Gasteiger partial charge in [0.25, 0.3) is 0 Å². The molecule has 3 heterocycles. The third-order valence-corrected chi connectivity index (χ3v) is 7.36. The molecule has 202 valence electrons. The Bertz CT molecular complexity index is 1590. The summed E-state index contributed by atoms with van der Waals surface area (Å²) in [6.45, 7) is 1.71. The largest absolute Gasteiger partial charge is 0.326 e. The lowest BCUT2D eigenvalue weighted by atomic mass is 9.84. The average Bonchev–Trinajstić information content (AvgIpc) is 3.13. The summed E-state index contributed by atoms with van der Waals surface area (Å²) in [6.07, 6.45) is 8.76. The Morgan fingerprint density at radius 1 is 0.975 bits per heavy atom. The van der Waals surface area contributed by atoms with Crippen LogP contribution in [0.4, 0.5) is 26.1 Å². The van der Waals surface area contributed by atoms with Crippen LogP contribution in [0.1, 0.15) is 29.7 Å². The minimum absolute atomic E-state index is 0.0182. The molecular formula is C30H25ClF2N6O. The number of carbonyl (C=O) groups is 1. The molecule has 40 heavy (non-hydrogen) atoms. The Balaban J connectivity index is 1.24. The third-order valence-electron chi connectivity index (χ3n) is 7.16. The smallest absolute Gasteiger partial charge is 0.227 e. The van der Waals surface area contributed by atoms with Crippen molar-refractivity contribution in [2.24, 2.45) is 10.9 Å². The second-order valence-electron chi connectivity index (χ2n) is 9.75. The van der Waals surface area contributed by atoms with Gasteiger partial charge in [-0.3, -0.25) is 4.79 Å². The first-order valence-electron chi connectivity index (χ1n) is 13.0. The van der Waals surface area contributed by atoms with Gasteiger partial charge >= 0.3 is 0 Å². The molecule has 0 saturated carbocycles. The van der Waals surface area contributed by atoms with Crippen LogP contribution >= 0.6 is 11.6 Å². The molecule has 3 N–H and O–H groups in total. The molecule has 1 aromatic heterocycles. The number of halogens is 3. The first kappa shape index (κ1) is 26.0. The molecule has 0 atom stereocenters. The molecule has 10 heteroatoms. The molecule has 2 aliphatic heterocycles. The summed E-state index contributed by atoms with van der Waals surface area (Å²) < 4.78 is 29.6. The van der Waals surface area contributed by atoms with E-state index >= 15 is 0 Å². The first-order chi connectivity index (χ1) is 19.5. The number of hydrogen-bond acceptors (Lipinski definition) is 6. The van der Waals surface area contributed by atoms with Crippen molar-refractivity contribution in [3.63, 3.8) is 0 Å². The topological polar surface area (TPSA) is 91.3 Å². The monoisotopic (exact) mass is 558 g/mol. The van der Waals surface area contributed by atoms with Crippen LogP contribution in [0.2, 0.25) is 0 Å². The molecule has 1 fully saturated rings. The number of rotatable bonds is 5. The maximum atomic E-state index is 14.8. The summed E-state index contributed by atoms with van der Waals surface area (Å²) in [7, 11) is 0. The maximum Gasteiger partial charge on any atom is 0.227 e. The molecule has 0 spiro atoms. The zero-order valence-corrected chi connectivity index (χ0v) is 22.1. The lowest BCUT2D eigenvalue weighted by Crippen LogP contribution is -2.34. The van der Waals surface area contributed by atoms with Crippen molar-refractivity contribution in [2.75, 3.05) is 23.7 Å². The number of fused-ring (bicyclic) bond motifs is 3. The number of amides is 1. The number of hydrogen-bond donors (Lipinski definition) is 3. The number of piperidine rings is 1.